The van der Waals surface area contributed by atoms with Crippen LogP contribution in [0.15, 0.2) is 194 Å². The second kappa shape index (κ2) is 78.0. The van der Waals surface area contributed by atoms with E-state index in [4.69, 9.17) is 32.3 Å². The summed E-state index contributed by atoms with van der Waals surface area (Å²) in [7, 11) is -9.83. The second-order valence-corrected chi connectivity index (χ2v) is 28.6. The van der Waals surface area contributed by atoms with Crippen molar-refractivity contribution in [3.8, 4) is 0 Å². The van der Waals surface area contributed by atoms with E-state index in [9.17, 15) is 43.5 Å². The topological polar surface area (TPSA) is 231 Å². The van der Waals surface area contributed by atoms with E-state index < -0.39 is 91.5 Å². The van der Waals surface area contributed by atoms with E-state index in [1.54, 1.807) is 0 Å². The molecule has 0 heterocycles. The van der Waals surface area contributed by atoms with E-state index in [1.165, 1.54) is 51.4 Å². The van der Waals surface area contributed by atoms with Crippen LogP contribution in [0.25, 0.3) is 0 Å². The van der Waals surface area contributed by atoms with Gasteiger partial charge in [0.1, 0.15) is 25.4 Å². The molecule has 0 rings (SSSR count). The molecule has 0 saturated heterocycles. The number of carbonyl (C=O) groups excluding carboxylic acids is 3. The van der Waals surface area contributed by atoms with Gasteiger partial charge in [-0.1, -0.05) is 299 Å². The van der Waals surface area contributed by atoms with E-state index in [0.717, 1.165) is 161 Å². The molecule has 105 heavy (non-hydrogen) atoms. The van der Waals surface area contributed by atoms with E-state index in [1.807, 2.05) is 12.2 Å². The Labute approximate surface area is 636 Å². The maximum atomic E-state index is 13.0. The number of phosphoric ester groups is 2. The maximum Gasteiger partial charge on any atom is 0.472 e. The number of phosphoric acid groups is 2. The van der Waals surface area contributed by atoms with Crippen molar-refractivity contribution in [2.75, 3.05) is 39.6 Å². The van der Waals surface area contributed by atoms with Gasteiger partial charge in [0, 0.05) is 19.3 Å². The van der Waals surface area contributed by atoms with Crippen LogP contribution in [0, 0.1) is 0 Å². The first kappa shape index (κ1) is 99.4. The molecule has 0 saturated carbocycles. The standard InChI is InChI=1S/C87H140O16P2/c1-4-7-10-13-16-19-22-25-28-31-33-35-36-37-38-39-40-41-42-43-44-46-48-50-52-55-58-61-64-67-70-73-85(90)97-76-82(88)77-99-104(93,94)100-78-83(89)79-101-105(95,96)102-81-84(103-87(92)75-72-69-66-63-60-57-54-49-30-27-24-21-18-15-12-9-6-3)80-98-86(91)74-71-68-65-62-59-56-53-51-47-45-34-32-29-26-23-20-17-14-11-8-5-2/h7-12,16-21,25-30,33-35,37-38,40-41,45,51,53-54,57,63,66,82-84,88-89H,4-6,13-15,22-24,31-32,36,39,42-44,46-50,52,55-56,58-62,64-65,67-81H2,1-3H3,(H,93,94)(H,95,96)/b10-7-,11-8-,12-9-,19-16-,20-17-,21-18-,28-25-,29-26-,30-27-,35-33-,38-37-,41-40-,45-34-,53-51-,57-54-,66-63-. The summed E-state index contributed by atoms with van der Waals surface area (Å²) in [6, 6.07) is 0. The molecule has 0 aliphatic heterocycles. The molecule has 5 unspecified atom stereocenters. The maximum absolute atomic E-state index is 13.0. The predicted molar refractivity (Wildman–Crippen MR) is 435 cm³/mol. The van der Waals surface area contributed by atoms with Crippen LogP contribution >= 0.6 is 15.6 Å². The number of unbranched alkanes of at least 4 members (excludes halogenated alkanes) is 18. The first-order chi connectivity index (χ1) is 51.2. The number of hydrogen-bond acceptors (Lipinski definition) is 14. The molecular weight excluding hydrogens is 1360 g/mol. The summed E-state index contributed by atoms with van der Waals surface area (Å²) >= 11 is 0. The summed E-state index contributed by atoms with van der Waals surface area (Å²) in [4.78, 5) is 58.6. The molecule has 0 aromatic rings. The number of hydrogen-bond donors (Lipinski definition) is 4. The number of esters is 3. The van der Waals surface area contributed by atoms with Gasteiger partial charge in [0.05, 0.1) is 26.4 Å². The van der Waals surface area contributed by atoms with Crippen molar-refractivity contribution in [1.82, 2.24) is 0 Å². The largest absolute Gasteiger partial charge is 0.472 e. The van der Waals surface area contributed by atoms with Gasteiger partial charge in [0.2, 0.25) is 0 Å². The summed E-state index contributed by atoms with van der Waals surface area (Å²) < 4.78 is 61.1. The molecule has 0 aliphatic rings. The van der Waals surface area contributed by atoms with Crippen molar-refractivity contribution in [1.29, 1.82) is 0 Å². The smallest absolute Gasteiger partial charge is 0.463 e. The number of allylic oxidation sites excluding steroid dienone is 32. The number of aliphatic hydroxyl groups excluding tert-OH is 2. The molecule has 0 amide bonds. The fourth-order valence-electron chi connectivity index (χ4n) is 9.87. The van der Waals surface area contributed by atoms with Crippen LogP contribution in [0.3, 0.4) is 0 Å². The third-order valence-corrected chi connectivity index (χ3v) is 17.7. The monoisotopic (exact) mass is 1500 g/mol. The van der Waals surface area contributed by atoms with Gasteiger partial charge in [-0.25, -0.2) is 9.13 Å². The zero-order chi connectivity index (χ0) is 76.6. The Bertz CT molecular complexity index is 2690. The van der Waals surface area contributed by atoms with Crippen LogP contribution in [-0.2, 0) is 55.8 Å². The van der Waals surface area contributed by atoms with Gasteiger partial charge in [-0.3, -0.25) is 32.5 Å². The van der Waals surface area contributed by atoms with Gasteiger partial charge in [-0.2, -0.15) is 0 Å². The van der Waals surface area contributed by atoms with E-state index in [2.05, 4.69) is 203 Å². The van der Waals surface area contributed by atoms with E-state index in [0.29, 0.717) is 25.7 Å². The van der Waals surface area contributed by atoms with Gasteiger partial charge in [0.15, 0.2) is 6.10 Å². The molecule has 4 N–H and O–H groups in total. The van der Waals surface area contributed by atoms with Gasteiger partial charge in [0.25, 0.3) is 0 Å². The number of aliphatic hydroxyl groups is 2. The fraction of sp³-hybridized carbons (Fsp3) is 0.598. The van der Waals surface area contributed by atoms with Crippen molar-refractivity contribution in [2.45, 2.75) is 296 Å². The Morgan fingerprint density at radius 3 is 0.781 bits per heavy atom. The van der Waals surface area contributed by atoms with Crippen LogP contribution in [-0.4, -0.2) is 95.9 Å². The average Bonchev–Trinajstić information content (AvgIpc) is 0.917. The van der Waals surface area contributed by atoms with Crippen molar-refractivity contribution < 1.29 is 75.8 Å². The molecule has 0 aromatic heterocycles. The second-order valence-electron chi connectivity index (χ2n) is 25.7. The SMILES string of the molecule is CC/C=C\C/C=C\C/C=C\C/C=C\C/C=C\C/C=C\CCCCCCCCCCCCCCC(=O)OCC(O)COP(=O)(O)OCC(O)COP(=O)(O)OCC(COC(=O)CCCCCCC/C=C\C/C=C\C/C=C\C/C=C\C/C=C\CC)OC(=O)CCC/C=C\C/C=C\C/C=C\C/C=C\C/C=C\CC. The minimum absolute atomic E-state index is 0.0143. The Hall–Kier alpha value is -5.61. The molecule has 0 bridgehead atoms. The van der Waals surface area contributed by atoms with Crippen molar-refractivity contribution in [2.24, 2.45) is 0 Å². The third kappa shape index (κ3) is 79.3. The lowest BCUT2D eigenvalue weighted by molar-refractivity contribution is -0.161. The molecule has 5 atom stereocenters. The lowest BCUT2D eigenvalue weighted by Gasteiger charge is -2.21. The lowest BCUT2D eigenvalue weighted by Crippen LogP contribution is -2.30. The molecule has 0 fully saturated rings. The van der Waals surface area contributed by atoms with Crippen LogP contribution < -0.4 is 0 Å². The van der Waals surface area contributed by atoms with E-state index in [-0.39, 0.29) is 19.3 Å². The Morgan fingerprint density at radius 2 is 0.486 bits per heavy atom. The molecular formula is C87H140O16P2. The molecule has 0 radical (unpaired) electrons. The normalized spacial score (nSPS) is 15.0. The minimum Gasteiger partial charge on any atom is -0.463 e. The third-order valence-electron chi connectivity index (χ3n) is 15.8. The summed E-state index contributed by atoms with van der Waals surface area (Å²) in [6.07, 6.45) is 102. The van der Waals surface area contributed by atoms with E-state index >= 15 is 0 Å². The average molecular weight is 1500 g/mol. The predicted octanol–water partition coefficient (Wildman–Crippen LogP) is 23.5. The molecule has 0 spiro atoms. The molecule has 18 heteroatoms. The molecule has 16 nitrogen and oxygen atoms in total. The zero-order valence-corrected chi connectivity index (χ0v) is 66.6. The number of ether oxygens (including phenoxy) is 3. The highest BCUT2D eigenvalue weighted by Gasteiger charge is 2.29. The quantitative estimate of drug-likeness (QED) is 0.0146. The Balaban J connectivity index is 4.61. The highest BCUT2D eigenvalue weighted by molar-refractivity contribution is 7.47. The molecule has 0 aliphatic carbocycles. The zero-order valence-electron chi connectivity index (χ0n) is 64.8. The first-order valence-electron chi connectivity index (χ1n) is 39.7. The first-order valence-corrected chi connectivity index (χ1v) is 42.7. The fourth-order valence-corrected chi connectivity index (χ4v) is 11.5. The van der Waals surface area contributed by atoms with Crippen LogP contribution in [0.5, 0.6) is 0 Å². The number of rotatable bonds is 73. The highest BCUT2D eigenvalue weighted by atomic mass is 31.2. The lowest BCUT2D eigenvalue weighted by atomic mass is 10.0. The minimum atomic E-state index is -4.96. The summed E-state index contributed by atoms with van der Waals surface area (Å²) in [6.45, 7) is 2.22. The van der Waals surface area contributed by atoms with Gasteiger partial charge >= 0.3 is 33.6 Å². The van der Waals surface area contributed by atoms with Crippen molar-refractivity contribution >= 4 is 33.6 Å². The molecule has 594 valence electrons. The summed E-state index contributed by atoms with van der Waals surface area (Å²) in [5.74, 6) is -1.68. The van der Waals surface area contributed by atoms with Gasteiger partial charge < -0.3 is 34.2 Å². The van der Waals surface area contributed by atoms with Crippen LogP contribution in [0.4, 0.5) is 0 Å². The van der Waals surface area contributed by atoms with Gasteiger partial charge in [-0.05, 0) is 154 Å². The summed E-state index contributed by atoms with van der Waals surface area (Å²) in [5, 5.41) is 20.6. The molecule has 0 aromatic carbocycles. The van der Waals surface area contributed by atoms with Crippen LogP contribution in [0.2, 0.25) is 0 Å². The Kier molecular flexibility index (Phi) is 73.8. The van der Waals surface area contributed by atoms with Crippen molar-refractivity contribution in [3.05, 3.63) is 194 Å². The number of carbonyl (C=O) groups is 3. The van der Waals surface area contributed by atoms with Crippen molar-refractivity contribution in [3.63, 3.8) is 0 Å². The Morgan fingerprint density at radius 1 is 0.267 bits per heavy atom. The highest BCUT2D eigenvalue weighted by Crippen LogP contribution is 2.45. The summed E-state index contributed by atoms with van der Waals surface area (Å²) in [5.41, 5.74) is 0. The van der Waals surface area contributed by atoms with Crippen LogP contribution in [0.1, 0.15) is 278 Å². The van der Waals surface area contributed by atoms with Gasteiger partial charge in [-0.15, -0.1) is 0 Å².